The second-order valence-electron chi connectivity index (χ2n) is 14.7. The van der Waals surface area contributed by atoms with Crippen molar-refractivity contribution < 1.29 is 0 Å². The van der Waals surface area contributed by atoms with Crippen LogP contribution in [0, 0.1) is 0 Å². The first kappa shape index (κ1) is 30.0. The highest BCUT2D eigenvalue weighted by Crippen LogP contribution is 2.52. The predicted octanol–water partition coefficient (Wildman–Crippen LogP) is 11.2. The molecule has 1 aliphatic heterocycles. The molecule has 0 bridgehead atoms. The van der Waals surface area contributed by atoms with E-state index in [4.69, 9.17) is 9.98 Å². The molecule has 0 spiro atoms. The summed E-state index contributed by atoms with van der Waals surface area (Å²) in [6.07, 6.45) is -0.412. The van der Waals surface area contributed by atoms with E-state index in [-0.39, 0.29) is 5.41 Å². The molecular formula is C48H35N5. The van der Waals surface area contributed by atoms with Crippen LogP contribution in [0.2, 0.25) is 0 Å². The molecule has 3 heterocycles. The fraction of sp³-hybridized carbons (Fsp3) is 0.0833. The van der Waals surface area contributed by atoms with Crippen molar-refractivity contribution in [2.24, 2.45) is 9.98 Å². The van der Waals surface area contributed by atoms with Crippen LogP contribution in [0.15, 0.2) is 174 Å². The summed E-state index contributed by atoms with van der Waals surface area (Å²) in [7, 11) is 0. The Morgan fingerprint density at radius 2 is 1.08 bits per heavy atom. The first-order chi connectivity index (χ1) is 26.0. The molecule has 0 amide bonds. The Morgan fingerprint density at radius 3 is 1.75 bits per heavy atom. The lowest BCUT2D eigenvalue weighted by Gasteiger charge is -2.26. The summed E-state index contributed by atoms with van der Waals surface area (Å²) in [5.41, 5.74) is 13.0. The van der Waals surface area contributed by atoms with Gasteiger partial charge in [0.15, 0.2) is 5.84 Å². The molecule has 0 saturated heterocycles. The molecule has 53 heavy (non-hydrogen) atoms. The van der Waals surface area contributed by atoms with Gasteiger partial charge in [-0.3, -0.25) is 0 Å². The number of benzene rings is 7. The van der Waals surface area contributed by atoms with Crippen molar-refractivity contribution >= 4 is 55.3 Å². The van der Waals surface area contributed by atoms with Gasteiger partial charge in [-0.15, -0.1) is 0 Å². The highest BCUT2D eigenvalue weighted by atomic mass is 15.3. The Labute approximate surface area is 307 Å². The summed E-state index contributed by atoms with van der Waals surface area (Å²) < 4.78 is 4.79. The van der Waals surface area contributed by atoms with E-state index in [9.17, 15) is 0 Å². The minimum atomic E-state index is -0.412. The standard InChI is InChI=1S/C48H35N5/c1-48(2)39-27-32(52-41-22-12-9-19-34(41)35-20-10-13-23-42(35)52)25-26-33(39)37-29-44-38(28-40(37)48)36-21-11-14-24-43(36)53(44)47-50-45(30-15-5-3-6-16-30)49-46(51-47)31-17-7-4-8-18-31/h3-29,47H,1-2H3,(H,49,50,51). The molecule has 1 N–H and O–H groups in total. The Bertz CT molecular complexity index is 2940. The topological polar surface area (TPSA) is 46.6 Å². The van der Waals surface area contributed by atoms with E-state index >= 15 is 0 Å². The maximum absolute atomic E-state index is 5.31. The molecule has 1 unspecified atom stereocenters. The van der Waals surface area contributed by atoms with Crippen LogP contribution in [0.3, 0.4) is 0 Å². The first-order valence-corrected chi connectivity index (χ1v) is 18.3. The zero-order valence-corrected chi connectivity index (χ0v) is 29.5. The molecule has 1 atom stereocenters. The Hall–Kier alpha value is -6.72. The molecular weight excluding hydrogens is 647 g/mol. The lowest BCUT2D eigenvalue weighted by molar-refractivity contribution is 0.516. The van der Waals surface area contributed by atoms with E-state index in [1.165, 1.54) is 60.5 Å². The molecule has 9 aromatic rings. The van der Waals surface area contributed by atoms with Crippen molar-refractivity contribution in [2.75, 3.05) is 0 Å². The van der Waals surface area contributed by atoms with Gasteiger partial charge in [-0.25, -0.2) is 9.98 Å². The van der Waals surface area contributed by atoms with Crippen molar-refractivity contribution in [3.05, 3.63) is 186 Å². The van der Waals surface area contributed by atoms with Crippen LogP contribution in [-0.2, 0) is 5.41 Å². The van der Waals surface area contributed by atoms with Crippen molar-refractivity contribution in [2.45, 2.75) is 25.6 Å². The summed E-state index contributed by atoms with van der Waals surface area (Å²) >= 11 is 0. The molecule has 252 valence electrons. The van der Waals surface area contributed by atoms with Gasteiger partial charge in [0.2, 0.25) is 6.29 Å². The van der Waals surface area contributed by atoms with Crippen molar-refractivity contribution in [1.82, 2.24) is 14.5 Å². The van der Waals surface area contributed by atoms with Crippen LogP contribution in [0.5, 0.6) is 0 Å². The van der Waals surface area contributed by atoms with Crippen LogP contribution < -0.4 is 5.32 Å². The number of hydrogen-bond donors (Lipinski definition) is 1. The minimum Gasteiger partial charge on any atom is -0.331 e. The maximum atomic E-state index is 5.31. The highest BCUT2D eigenvalue weighted by Gasteiger charge is 2.37. The molecule has 7 aromatic carbocycles. The van der Waals surface area contributed by atoms with E-state index in [1.54, 1.807) is 0 Å². The summed E-state index contributed by atoms with van der Waals surface area (Å²) in [6.45, 7) is 4.75. The number of nitrogens with zero attached hydrogens (tertiary/aromatic N) is 4. The quantitative estimate of drug-likeness (QED) is 0.197. The Balaban J connectivity index is 1.11. The van der Waals surface area contributed by atoms with Gasteiger partial charge in [0.05, 0.1) is 22.1 Å². The number of nitrogens with one attached hydrogen (secondary N) is 1. The van der Waals surface area contributed by atoms with E-state index in [0.717, 1.165) is 28.0 Å². The molecule has 2 aromatic heterocycles. The molecule has 0 fully saturated rings. The average molecular weight is 682 g/mol. The molecule has 1 aliphatic carbocycles. The second-order valence-corrected chi connectivity index (χ2v) is 14.7. The van der Waals surface area contributed by atoms with Crippen LogP contribution in [0.4, 0.5) is 0 Å². The number of rotatable bonds is 4. The summed E-state index contributed by atoms with van der Waals surface area (Å²) in [5.74, 6) is 1.52. The SMILES string of the molecule is CC1(C)c2cc(-n3c4ccccc4c4ccccc43)ccc2-c2cc3c(cc21)c1ccccc1n3C1N=C(c2ccccc2)N=C(c2ccccc2)N1. The number of fused-ring (bicyclic) bond motifs is 9. The molecule has 5 heteroatoms. The van der Waals surface area contributed by atoms with E-state index in [1.807, 2.05) is 24.3 Å². The molecule has 11 rings (SSSR count). The number of amidine groups is 2. The fourth-order valence-electron chi connectivity index (χ4n) is 8.85. The monoisotopic (exact) mass is 681 g/mol. The first-order valence-electron chi connectivity index (χ1n) is 18.3. The maximum Gasteiger partial charge on any atom is 0.204 e. The second kappa shape index (κ2) is 11.1. The Kier molecular flexibility index (Phi) is 6.30. The summed E-state index contributed by atoms with van der Waals surface area (Å²) in [6, 6.07) is 58.7. The van der Waals surface area contributed by atoms with E-state index in [2.05, 4.69) is 168 Å². The predicted molar refractivity (Wildman–Crippen MR) is 219 cm³/mol. The number of aromatic nitrogens is 2. The smallest absolute Gasteiger partial charge is 0.204 e. The number of hydrogen-bond acceptors (Lipinski definition) is 3. The third kappa shape index (κ3) is 4.37. The van der Waals surface area contributed by atoms with Gasteiger partial charge in [0.1, 0.15) is 5.84 Å². The number of para-hydroxylation sites is 3. The van der Waals surface area contributed by atoms with Gasteiger partial charge in [-0.05, 0) is 64.7 Å². The molecule has 2 aliphatic rings. The zero-order chi connectivity index (χ0) is 35.3. The third-order valence-corrected chi connectivity index (χ3v) is 11.4. The third-order valence-electron chi connectivity index (χ3n) is 11.4. The van der Waals surface area contributed by atoms with Crippen LogP contribution in [-0.4, -0.2) is 20.8 Å². The lowest BCUT2D eigenvalue weighted by atomic mass is 9.82. The largest absolute Gasteiger partial charge is 0.331 e. The lowest BCUT2D eigenvalue weighted by Crippen LogP contribution is -2.36. The van der Waals surface area contributed by atoms with Gasteiger partial charge in [0.25, 0.3) is 0 Å². The van der Waals surface area contributed by atoms with Gasteiger partial charge in [-0.1, -0.05) is 135 Å². The summed E-state index contributed by atoms with van der Waals surface area (Å²) in [5, 5.41) is 8.72. The summed E-state index contributed by atoms with van der Waals surface area (Å²) in [4.78, 5) is 10.4. The van der Waals surface area contributed by atoms with Crippen LogP contribution >= 0.6 is 0 Å². The van der Waals surface area contributed by atoms with Crippen LogP contribution in [0.25, 0.3) is 60.4 Å². The zero-order valence-electron chi connectivity index (χ0n) is 29.5. The number of aliphatic imine (C=N–C) groups is 2. The molecule has 0 saturated carbocycles. The molecule has 5 nitrogen and oxygen atoms in total. The van der Waals surface area contributed by atoms with Crippen molar-refractivity contribution in [3.8, 4) is 16.8 Å². The van der Waals surface area contributed by atoms with Gasteiger partial charge in [-0.2, -0.15) is 0 Å². The highest BCUT2D eigenvalue weighted by molar-refractivity contribution is 6.14. The van der Waals surface area contributed by atoms with Crippen molar-refractivity contribution in [1.29, 1.82) is 0 Å². The van der Waals surface area contributed by atoms with Gasteiger partial charge >= 0.3 is 0 Å². The van der Waals surface area contributed by atoms with E-state index in [0.29, 0.717) is 5.84 Å². The van der Waals surface area contributed by atoms with E-state index < -0.39 is 6.29 Å². The van der Waals surface area contributed by atoms with Crippen molar-refractivity contribution in [3.63, 3.8) is 0 Å². The fourth-order valence-corrected chi connectivity index (χ4v) is 8.85. The van der Waals surface area contributed by atoms with Crippen LogP contribution in [0.1, 0.15) is 42.4 Å². The van der Waals surface area contributed by atoms with Gasteiger partial charge < -0.3 is 14.5 Å². The Morgan fingerprint density at radius 1 is 0.509 bits per heavy atom. The normalized spacial score (nSPS) is 16.1. The minimum absolute atomic E-state index is 0.203. The van der Waals surface area contributed by atoms with Gasteiger partial charge in [0, 0.05) is 43.8 Å². The average Bonchev–Trinajstić information content (AvgIpc) is 3.80. The molecule has 0 radical (unpaired) electrons.